The van der Waals surface area contributed by atoms with Crippen LogP contribution in [0, 0.1) is 0 Å². The number of carbonyl (C=O) groups is 1. The zero-order chi connectivity index (χ0) is 14.3. The van der Waals surface area contributed by atoms with E-state index in [2.05, 4.69) is 20.9 Å². The molecule has 0 saturated heterocycles. The normalized spacial score (nSPS) is 11.1. The van der Waals surface area contributed by atoms with E-state index in [0.29, 0.717) is 5.56 Å². The molecule has 4 nitrogen and oxygen atoms in total. The van der Waals surface area contributed by atoms with Gasteiger partial charge in [-0.05, 0) is 39.9 Å². The van der Waals surface area contributed by atoms with Gasteiger partial charge >= 0.3 is 5.97 Å². The number of nitrogens with one attached hydrogen (secondary N) is 1. The van der Waals surface area contributed by atoms with Gasteiger partial charge < -0.3 is 10.1 Å². The molecule has 0 amide bonds. The Balaban J connectivity index is 2.47. The van der Waals surface area contributed by atoms with Gasteiger partial charge in [0.1, 0.15) is 0 Å². The van der Waals surface area contributed by atoms with E-state index in [1.165, 1.54) is 6.07 Å². The predicted molar refractivity (Wildman–Crippen MR) is 81.1 cm³/mol. The van der Waals surface area contributed by atoms with E-state index in [1.807, 2.05) is 18.2 Å². The molecule has 3 aromatic rings. The maximum Gasteiger partial charge on any atom is 0.307 e. The van der Waals surface area contributed by atoms with Crippen LogP contribution in [0.15, 0.2) is 45.8 Å². The van der Waals surface area contributed by atoms with E-state index < -0.39 is 5.97 Å². The standard InChI is InChI=1S/C15H10BrNO3/c16-10-1-2-11-9(5-15(19)20)3-8-4-14(18)17-7-13(8)12(11)6-10/h1-4,6-7H,5H2,(H,17,18)(H,19,20). The molecule has 0 aliphatic rings. The van der Waals surface area contributed by atoms with Crippen LogP contribution in [0.5, 0.6) is 0 Å². The molecule has 0 aliphatic carbocycles. The van der Waals surface area contributed by atoms with Crippen molar-refractivity contribution in [2.45, 2.75) is 6.42 Å². The lowest BCUT2D eigenvalue weighted by Gasteiger charge is -2.09. The first-order chi connectivity index (χ1) is 9.54. The van der Waals surface area contributed by atoms with Crippen LogP contribution in [-0.4, -0.2) is 16.1 Å². The topological polar surface area (TPSA) is 70.2 Å². The molecule has 20 heavy (non-hydrogen) atoms. The molecule has 2 aromatic carbocycles. The van der Waals surface area contributed by atoms with Crippen molar-refractivity contribution in [1.82, 2.24) is 4.98 Å². The fourth-order valence-corrected chi connectivity index (χ4v) is 2.80. The van der Waals surface area contributed by atoms with Crippen LogP contribution in [0.4, 0.5) is 0 Å². The molecule has 0 bridgehead atoms. The molecule has 1 aromatic heterocycles. The third-order valence-corrected chi connectivity index (χ3v) is 3.74. The summed E-state index contributed by atoms with van der Waals surface area (Å²) in [5.74, 6) is -0.890. The number of aromatic nitrogens is 1. The van der Waals surface area contributed by atoms with E-state index in [4.69, 9.17) is 5.11 Å². The first-order valence-electron chi connectivity index (χ1n) is 6.00. The molecule has 1 heterocycles. The van der Waals surface area contributed by atoms with Crippen molar-refractivity contribution in [3.05, 3.63) is 56.9 Å². The van der Waals surface area contributed by atoms with Gasteiger partial charge in [0.15, 0.2) is 0 Å². The first-order valence-corrected chi connectivity index (χ1v) is 6.79. The number of pyridine rings is 1. The maximum absolute atomic E-state index is 11.4. The van der Waals surface area contributed by atoms with Crippen molar-refractivity contribution in [3.63, 3.8) is 0 Å². The Labute approximate surface area is 122 Å². The molecule has 100 valence electrons. The number of carboxylic acids is 1. The second-order valence-electron chi connectivity index (χ2n) is 4.60. The SMILES string of the molecule is O=C(O)Cc1cc2cc(=O)[nH]cc2c2cc(Br)ccc12. The highest BCUT2D eigenvalue weighted by Gasteiger charge is 2.10. The second kappa shape index (κ2) is 4.76. The predicted octanol–water partition coefficient (Wildman–Crippen LogP) is 3.07. The van der Waals surface area contributed by atoms with Crippen molar-refractivity contribution in [1.29, 1.82) is 0 Å². The molecule has 0 saturated carbocycles. The van der Waals surface area contributed by atoms with Gasteiger partial charge in [0.05, 0.1) is 6.42 Å². The smallest absolute Gasteiger partial charge is 0.307 e. The van der Waals surface area contributed by atoms with E-state index in [1.54, 1.807) is 12.3 Å². The van der Waals surface area contributed by atoms with Crippen LogP contribution in [0.1, 0.15) is 5.56 Å². The fraction of sp³-hybridized carbons (Fsp3) is 0.0667. The quantitative estimate of drug-likeness (QED) is 0.709. The van der Waals surface area contributed by atoms with Crippen LogP contribution >= 0.6 is 15.9 Å². The highest BCUT2D eigenvalue weighted by atomic mass is 79.9. The minimum atomic E-state index is -0.890. The van der Waals surface area contributed by atoms with Crippen molar-refractivity contribution < 1.29 is 9.90 Å². The number of aromatic amines is 1. The molecule has 0 fully saturated rings. The van der Waals surface area contributed by atoms with Gasteiger partial charge in [-0.1, -0.05) is 22.0 Å². The summed E-state index contributed by atoms with van der Waals surface area (Å²) in [7, 11) is 0. The zero-order valence-electron chi connectivity index (χ0n) is 10.3. The van der Waals surface area contributed by atoms with E-state index >= 15 is 0 Å². The average molecular weight is 332 g/mol. The minimum Gasteiger partial charge on any atom is -0.481 e. The Morgan fingerprint density at radius 2 is 1.95 bits per heavy atom. The number of hydrogen-bond donors (Lipinski definition) is 2. The molecular formula is C15H10BrNO3. The molecule has 5 heteroatoms. The number of aliphatic carboxylic acids is 1. The number of rotatable bonds is 2. The lowest BCUT2D eigenvalue weighted by molar-refractivity contribution is -0.136. The van der Waals surface area contributed by atoms with Crippen molar-refractivity contribution in [3.8, 4) is 0 Å². The van der Waals surface area contributed by atoms with Crippen LogP contribution in [0.25, 0.3) is 21.5 Å². The van der Waals surface area contributed by atoms with Gasteiger partial charge in [0.2, 0.25) is 5.56 Å². The summed E-state index contributed by atoms with van der Waals surface area (Å²) in [5.41, 5.74) is 0.506. The van der Waals surface area contributed by atoms with E-state index in [-0.39, 0.29) is 12.0 Å². The number of carboxylic acid groups (broad SMARTS) is 1. The molecule has 0 radical (unpaired) electrons. The van der Waals surface area contributed by atoms with Crippen LogP contribution in [0.3, 0.4) is 0 Å². The highest BCUT2D eigenvalue weighted by Crippen LogP contribution is 2.30. The zero-order valence-corrected chi connectivity index (χ0v) is 11.9. The van der Waals surface area contributed by atoms with Gasteiger partial charge in [-0.15, -0.1) is 0 Å². The Morgan fingerprint density at radius 1 is 1.15 bits per heavy atom. The second-order valence-corrected chi connectivity index (χ2v) is 5.51. The number of H-pyrrole nitrogens is 1. The first kappa shape index (κ1) is 12.9. The number of benzene rings is 2. The highest BCUT2D eigenvalue weighted by molar-refractivity contribution is 9.10. The summed E-state index contributed by atoms with van der Waals surface area (Å²) < 4.78 is 0.907. The van der Waals surface area contributed by atoms with Gasteiger partial charge in [0.25, 0.3) is 0 Å². The van der Waals surface area contributed by atoms with Crippen molar-refractivity contribution in [2.24, 2.45) is 0 Å². The van der Waals surface area contributed by atoms with Crippen molar-refractivity contribution >= 4 is 43.4 Å². The molecule has 3 rings (SSSR count). The summed E-state index contributed by atoms with van der Waals surface area (Å²) >= 11 is 3.42. The summed E-state index contributed by atoms with van der Waals surface area (Å²) in [4.78, 5) is 25.1. The van der Waals surface area contributed by atoms with Crippen molar-refractivity contribution in [2.75, 3.05) is 0 Å². The van der Waals surface area contributed by atoms with Gasteiger partial charge in [-0.25, -0.2) is 0 Å². The minimum absolute atomic E-state index is 0.0686. The average Bonchev–Trinajstić information content (AvgIpc) is 2.37. The fourth-order valence-electron chi connectivity index (χ4n) is 2.43. The molecular weight excluding hydrogens is 322 g/mol. The van der Waals surface area contributed by atoms with E-state index in [9.17, 15) is 9.59 Å². The summed E-state index contributed by atoms with van der Waals surface area (Å²) in [6.45, 7) is 0. The lowest BCUT2D eigenvalue weighted by atomic mass is 9.97. The van der Waals surface area contributed by atoms with E-state index in [0.717, 1.165) is 26.0 Å². The summed E-state index contributed by atoms with van der Waals surface area (Å²) in [6.07, 6.45) is 1.60. The largest absolute Gasteiger partial charge is 0.481 e. The third-order valence-electron chi connectivity index (χ3n) is 3.25. The third kappa shape index (κ3) is 2.20. The summed E-state index contributed by atoms with van der Waals surface area (Å²) in [5, 5.41) is 12.5. The lowest BCUT2D eigenvalue weighted by Crippen LogP contribution is -2.04. The molecule has 0 aliphatic heterocycles. The number of hydrogen-bond acceptors (Lipinski definition) is 2. The Bertz CT molecular complexity index is 899. The Kier molecular flexibility index (Phi) is 3.06. The maximum atomic E-state index is 11.4. The van der Waals surface area contributed by atoms with Gasteiger partial charge in [-0.2, -0.15) is 0 Å². The molecule has 0 atom stereocenters. The Hall–Kier alpha value is -2.14. The van der Waals surface area contributed by atoms with Crippen LogP contribution in [-0.2, 0) is 11.2 Å². The number of fused-ring (bicyclic) bond motifs is 3. The monoisotopic (exact) mass is 331 g/mol. The Morgan fingerprint density at radius 3 is 2.70 bits per heavy atom. The summed E-state index contributed by atoms with van der Waals surface area (Å²) in [6, 6.07) is 8.96. The molecule has 2 N–H and O–H groups in total. The van der Waals surface area contributed by atoms with Gasteiger partial charge in [0, 0.05) is 22.1 Å². The van der Waals surface area contributed by atoms with Crippen LogP contribution in [0.2, 0.25) is 0 Å². The number of halogens is 1. The van der Waals surface area contributed by atoms with Crippen LogP contribution < -0.4 is 5.56 Å². The molecule has 0 spiro atoms. The van der Waals surface area contributed by atoms with Gasteiger partial charge in [-0.3, -0.25) is 9.59 Å². The molecule has 0 unspecified atom stereocenters.